The molecule has 0 spiro atoms. The third kappa shape index (κ3) is 4.16. The zero-order chi connectivity index (χ0) is 14.4. The van der Waals surface area contributed by atoms with Gasteiger partial charge in [-0.05, 0) is 29.1 Å². The molecule has 0 fully saturated rings. The number of carbonyl (C=O) groups excluding carboxylic acids is 1. The third-order valence-electron chi connectivity index (χ3n) is 2.80. The van der Waals surface area contributed by atoms with Crippen LogP contribution in [0.2, 0.25) is 0 Å². The van der Waals surface area contributed by atoms with Crippen molar-refractivity contribution in [3.63, 3.8) is 0 Å². The van der Waals surface area contributed by atoms with Gasteiger partial charge in [-0.3, -0.25) is 0 Å². The van der Waals surface area contributed by atoms with Crippen LogP contribution in [0.25, 0.3) is 0 Å². The van der Waals surface area contributed by atoms with Crippen molar-refractivity contribution in [1.82, 2.24) is 0 Å². The average molecular weight is 355 g/mol. The first-order valence-electron chi connectivity index (χ1n) is 6.17. The van der Waals surface area contributed by atoms with E-state index in [9.17, 15) is 4.79 Å². The first-order chi connectivity index (χ1) is 9.70. The molecule has 0 atom stereocenters. The molecule has 2 rings (SSSR count). The molecule has 0 aliphatic heterocycles. The molecule has 106 valence electrons. The van der Waals surface area contributed by atoms with E-state index in [1.165, 1.54) is 12.0 Å². The maximum atomic E-state index is 11.4. The Morgan fingerprint density at radius 2 is 2.20 bits per heavy atom. The molecule has 0 radical (unpaired) electrons. The zero-order valence-electron chi connectivity index (χ0n) is 11.1. The van der Waals surface area contributed by atoms with Gasteiger partial charge in [0.2, 0.25) is 0 Å². The lowest BCUT2D eigenvalue weighted by atomic mass is 10.1. The molecule has 3 nitrogen and oxygen atoms in total. The molecule has 0 N–H and O–H groups in total. The van der Waals surface area contributed by atoms with E-state index < -0.39 is 0 Å². The number of methoxy groups -OCH3 is 1. The van der Waals surface area contributed by atoms with Crippen molar-refractivity contribution in [2.24, 2.45) is 0 Å². The van der Waals surface area contributed by atoms with Gasteiger partial charge in [-0.15, -0.1) is 11.3 Å². The molecular formula is C15H15BrO3S. The van der Waals surface area contributed by atoms with Crippen molar-refractivity contribution in [3.05, 3.63) is 56.2 Å². The zero-order valence-corrected chi connectivity index (χ0v) is 13.5. The molecule has 0 amide bonds. The summed E-state index contributed by atoms with van der Waals surface area (Å²) in [6, 6.07) is 9.52. The van der Waals surface area contributed by atoms with Crippen molar-refractivity contribution < 1.29 is 14.3 Å². The van der Waals surface area contributed by atoms with Gasteiger partial charge in [0.05, 0.1) is 25.9 Å². The molecule has 0 saturated carbocycles. The fraction of sp³-hybridized carbons (Fsp3) is 0.267. The van der Waals surface area contributed by atoms with Crippen LogP contribution in [-0.4, -0.2) is 19.7 Å². The summed E-state index contributed by atoms with van der Waals surface area (Å²) >= 11 is 5.19. The van der Waals surface area contributed by atoms with Gasteiger partial charge in [0.15, 0.2) is 0 Å². The number of benzene rings is 1. The van der Waals surface area contributed by atoms with Crippen LogP contribution < -0.4 is 0 Å². The first-order valence-corrected chi connectivity index (χ1v) is 7.85. The monoisotopic (exact) mass is 354 g/mol. The molecule has 0 saturated heterocycles. The summed E-state index contributed by atoms with van der Waals surface area (Å²) in [4.78, 5) is 12.7. The SMILES string of the molecule is COC(=O)c1ccc(COCCc2cccs2)c(Br)c1. The molecule has 0 aliphatic carbocycles. The van der Waals surface area contributed by atoms with Gasteiger partial charge < -0.3 is 9.47 Å². The largest absolute Gasteiger partial charge is 0.465 e. The van der Waals surface area contributed by atoms with E-state index in [2.05, 4.69) is 32.1 Å². The second-order valence-electron chi connectivity index (χ2n) is 4.18. The number of hydrogen-bond acceptors (Lipinski definition) is 4. The topological polar surface area (TPSA) is 35.5 Å². The predicted octanol–water partition coefficient (Wildman–Crippen LogP) is 4.06. The summed E-state index contributed by atoms with van der Waals surface area (Å²) in [6.07, 6.45) is 0.926. The molecule has 0 bridgehead atoms. The maximum absolute atomic E-state index is 11.4. The van der Waals surface area contributed by atoms with Crippen LogP contribution in [0.4, 0.5) is 0 Å². The summed E-state index contributed by atoms with van der Waals surface area (Å²) in [5, 5.41) is 2.07. The maximum Gasteiger partial charge on any atom is 0.337 e. The molecule has 5 heteroatoms. The standard InChI is InChI=1S/C15H15BrO3S/c1-18-15(17)11-4-5-12(14(16)9-11)10-19-7-6-13-3-2-8-20-13/h2-5,8-9H,6-7,10H2,1H3. The Morgan fingerprint density at radius 1 is 1.35 bits per heavy atom. The van der Waals surface area contributed by atoms with Crippen LogP contribution in [0.1, 0.15) is 20.8 Å². The summed E-state index contributed by atoms with van der Waals surface area (Å²) in [7, 11) is 1.37. The summed E-state index contributed by atoms with van der Waals surface area (Å²) in [5.74, 6) is -0.337. The molecule has 1 aromatic heterocycles. The van der Waals surface area contributed by atoms with E-state index in [4.69, 9.17) is 4.74 Å². The fourth-order valence-corrected chi connectivity index (χ4v) is 2.90. The van der Waals surface area contributed by atoms with E-state index in [1.807, 2.05) is 12.1 Å². The second kappa shape index (κ2) is 7.57. The number of carbonyl (C=O) groups is 1. The van der Waals surface area contributed by atoms with E-state index in [1.54, 1.807) is 23.5 Å². The highest BCUT2D eigenvalue weighted by molar-refractivity contribution is 9.10. The Bertz CT molecular complexity index is 567. The molecule has 0 unspecified atom stereocenters. The van der Waals surface area contributed by atoms with E-state index in [0.717, 1.165) is 16.5 Å². The highest BCUT2D eigenvalue weighted by atomic mass is 79.9. The van der Waals surface area contributed by atoms with Gasteiger partial charge in [-0.2, -0.15) is 0 Å². The lowest BCUT2D eigenvalue weighted by molar-refractivity contribution is 0.0600. The van der Waals surface area contributed by atoms with Crippen molar-refractivity contribution in [2.75, 3.05) is 13.7 Å². The summed E-state index contributed by atoms with van der Waals surface area (Å²) < 4.78 is 11.2. The molecule has 1 heterocycles. The summed E-state index contributed by atoms with van der Waals surface area (Å²) in [6.45, 7) is 1.21. The Kier molecular flexibility index (Phi) is 5.76. The van der Waals surface area contributed by atoms with Crippen LogP contribution in [-0.2, 0) is 22.5 Å². The Morgan fingerprint density at radius 3 is 2.85 bits per heavy atom. The summed E-state index contributed by atoms with van der Waals surface area (Å²) in [5.41, 5.74) is 1.55. The predicted molar refractivity (Wildman–Crippen MR) is 83.2 cm³/mol. The van der Waals surface area contributed by atoms with E-state index in [-0.39, 0.29) is 5.97 Å². The highest BCUT2D eigenvalue weighted by Crippen LogP contribution is 2.20. The normalized spacial score (nSPS) is 10.5. The number of esters is 1. The van der Waals surface area contributed by atoms with Gasteiger partial charge in [0.1, 0.15) is 0 Å². The quantitative estimate of drug-likeness (QED) is 0.579. The van der Waals surface area contributed by atoms with Gasteiger partial charge in [0, 0.05) is 15.8 Å². The Hall–Kier alpha value is -1.17. The van der Waals surface area contributed by atoms with Gasteiger partial charge in [0.25, 0.3) is 0 Å². The number of thiophene rings is 1. The van der Waals surface area contributed by atoms with Gasteiger partial charge in [-0.25, -0.2) is 4.79 Å². The van der Waals surface area contributed by atoms with Crippen molar-refractivity contribution in [3.8, 4) is 0 Å². The van der Waals surface area contributed by atoms with Crippen LogP contribution in [0.15, 0.2) is 40.2 Å². The van der Waals surface area contributed by atoms with Crippen molar-refractivity contribution in [1.29, 1.82) is 0 Å². The van der Waals surface area contributed by atoms with Crippen molar-refractivity contribution >= 4 is 33.2 Å². The van der Waals surface area contributed by atoms with Crippen LogP contribution >= 0.6 is 27.3 Å². The lowest BCUT2D eigenvalue weighted by Gasteiger charge is -2.07. The van der Waals surface area contributed by atoms with E-state index >= 15 is 0 Å². The number of ether oxygens (including phenoxy) is 2. The Labute approximate surface area is 130 Å². The minimum absolute atomic E-state index is 0.337. The highest BCUT2D eigenvalue weighted by Gasteiger charge is 2.08. The van der Waals surface area contributed by atoms with E-state index in [0.29, 0.717) is 18.8 Å². The fourth-order valence-electron chi connectivity index (χ4n) is 1.72. The average Bonchev–Trinajstić information content (AvgIpc) is 2.97. The molecule has 2 aromatic rings. The van der Waals surface area contributed by atoms with Crippen LogP contribution in [0.5, 0.6) is 0 Å². The lowest BCUT2D eigenvalue weighted by Crippen LogP contribution is -2.03. The number of hydrogen-bond donors (Lipinski definition) is 0. The second-order valence-corrected chi connectivity index (χ2v) is 6.07. The molecular weight excluding hydrogens is 340 g/mol. The Balaban J connectivity index is 1.85. The smallest absolute Gasteiger partial charge is 0.337 e. The van der Waals surface area contributed by atoms with Crippen molar-refractivity contribution in [2.45, 2.75) is 13.0 Å². The van der Waals surface area contributed by atoms with Crippen LogP contribution in [0.3, 0.4) is 0 Å². The number of halogens is 1. The van der Waals surface area contributed by atoms with Gasteiger partial charge >= 0.3 is 5.97 Å². The molecule has 1 aromatic carbocycles. The van der Waals surface area contributed by atoms with Crippen LogP contribution in [0, 0.1) is 0 Å². The minimum atomic E-state index is -0.337. The third-order valence-corrected chi connectivity index (χ3v) is 4.48. The molecule has 0 aliphatic rings. The first kappa shape index (κ1) is 15.2. The number of rotatable bonds is 6. The molecule has 20 heavy (non-hydrogen) atoms. The van der Waals surface area contributed by atoms with Gasteiger partial charge in [-0.1, -0.05) is 28.1 Å². The minimum Gasteiger partial charge on any atom is -0.465 e.